The lowest BCUT2D eigenvalue weighted by Gasteiger charge is -2.03. The molecule has 1 heterocycles. The van der Waals surface area contributed by atoms with Crippen molar-refractivity contribution in [2.75, 3.05) is 11.9 Å². The van der Waals surface area contributed by atoms with Gasteiger partial charge in [-0.3, -0.25) is 0 Å². The van der Waals surface area contributed by atoms with Crippen LogP contribution in [0.1, 0.15) is 6.92 Å². The number of anilines is 1. The van der Waals surface area contributed by atoms with Crippen molar-refractivity contribution in [3.63, 3.8) is 0 Å². The number of nitrogens with one attached hydrogen (secondary N) is 1. The summed E-state index contributed by atoms with van der Waals surface area (Å²) in [5.74, 6) is -0.885. The van der Waals surface area contributed by atoms with Crippen molar-refractivity contribution in [3.8, 4) is 0 Å². The zero-order valence-corrected chi connectivity index (χ0v) is 10.1. The Bertz CT molecular complexity index is 575. The third-order valence-corrected chi connectivity index (χ3v) is 3.17. The normalized spacial score (nSPS) is 11.7. The molecule has 0 unspecified atom stereocenters. The van der Waals surface area contributed by atoms with Crippen LogP contribution in [-0.4, -0.2) is 22.6 Å². The topological polar surface area (TPSA) is 62.2 Å². The number of carboxylic acid groups (broad SMARTS) is 1. The molecule has 4 nitrogen and oxygen atoms in total. The number of fused-ring (bicyclic) bond motifs is 1. The van der Waals surface area contributed by atoms with Gasteiger partial charge in [0.15, 0.2) is 0 Å². The number of aliphatic carboxylic acids is 1. The molecule has 2 rings (SSSR count). The van der Waals surface area contributed by atoms with Crippen molar-refractivity contribution < 1.29 is 9.90 Å². The fraction of sp³-hybridized carbons (Fsp3) is 0.167. The van der Waals surface area contributed by atoms with E-state index in [9.17, 15) is 4.79 Å². The van der Waals surface area contributed by atoms with Crippen LogP contribution in [0.15, 0.2) is 35.4 Å². The molecule has 0 aliphatic heterocycles. The van der Waals surface area contributed by atoms with E-state index in [0.29, 0.717) is 12.1 Å². The summed E-state index contributed by atoms with van der Waals surface area (Å²) >= 11 is 1.59. The van der Waals surface area contributed by atoms with Crippen LogP contribution in [0.5, 0.6) is 0 Å². The van der Waals surface area contributed by atoms with E-state index in [1.807, 2.05) is 23.7 Å². The van der Waals surface area contributed by atoms with E-state index >= 15 is 0 Å². The van der Waals surface area contributed by atoms with Crippen molar-refractivity contribution in [1.29, 1.82) is 0 Å². The Hall–Kier alpha value is -1.88. The maximum absolute atomic E-state index is 10.6. The molecular weight excluding hydrogens is 236 g/mol. The van der Waals surface area contributed by atoms with Gasteiger partial charge in [0.25, 0.3) is 0 Å². The van der Waals surface area contributed by atoms with E-state index < -0.39 is 5.97 Å². The molecule has 5 heteroatoms. The second-order valence-electron chi connectivity index (χ2n) is 3.61. The maximum Gasteiger partial charge on any atom is 0.331 e. The lowest BCUT2D eigenvalue weighted by molar-refractivity contribution is -0.132. The standard InChI is InChI=1S/C12H12N2O2S/c1-8(12(15)16)4-5-13-9-2-3-10-11(6-9)17-7-14-10/h2-4,6-7,13H,5H2,1H3,(H,15,16)/b8-4-. The molecule has 17 heavy (non-hydrogen) atoms. The number of benzene rings is 1. The summed E-state index contributed by atoms with van der Waals surface area (Å²) in [5.41, 5.74) is 4.11. The Morgan fingerprint density at radius 3 is 3.18 bits per heavy atom. The molecule has 0 saturated carbocycles. The lowest BCUT2D eigenvalue weighted by atomic mass is 10.2. The molecule has 0 fully saturated rings. The number of hydrogen-bond donors (Lipinski definition) is 2. The predicted octanol–water partition coefficient (Wildman–Crippen LogP) is 2.74. The molecule has 0 aliphatic carbocycles. The van der Waals surface area contributed by atoms with E-state index in [1.54, 1.807) is 24.3 Å². The van der Waals surface area contributed by atoms with E-state index in [1.165, 1.54) is 0 Å². The van der Waals surface area contributed by atoms with Gasteiger partial charge in [0.05, 0.1) is 15.7 Å². The summed E-state index contributed by atoms with van der Waals surface area (Å²) in [6.07, 6.45) is 1.65. The first-order chi connectivity index (χ1) is 8.16. The predicted molar refractivity (Wildman–Crippen MR) is 69.5 cm³/mol. The van der Waals surface area contributed by atoms with Gasteiger partial charge < -0.3 is 10.4 Å². The molecule has 2 N–H and O–H groups in total. The Morgan fingerprint density at radius 1 is 1.59 bits per heavy atom. The third-order valence-electron chi connectivity index (χ3n) is 2.38. The molecule has 1 aromatic heterocycles. The largest absolute Gasteiger partial charge is 0.478 e. The van der Waals surface area contributed by atoms with E-state index in [-0.39, 0.29) is 0 Å². The summed E-state index contributed by atoms with van der Waals surface area (Å²) < 4.78 is 1.12. The van der Waals surface area contributed by atoms with Gasteiger partial charge in [-0.25, -0.2) is 9.78 Å². The van der Waals surface area contributed by atoms with Gasteiger partial charge in [0.2, 0.25) is 0 Å². The van der Waals surface area contributed by atoms with Crippen molar-refractivity contribution >= 4 is 33.2 Å². The first-order valence-corrected chi connectivity index (χ1v) is 6.02. The van der Waals surface area contributed by atoms with Crippen LogP contribution < -0.4 is 5.32 Å². The quantitative estimate of drug-likeness (QED) is 0.817. The number of hydrogen-bond acceptors (Lipinski definition) is 4. The second kappa shape index (κ2) is 4.97. The van der Waals surface area contributed by atoms with Crippen LogP contribution in [-0.2, 0) is 4.79 Å². The van der Waals surface area contributed by atoms with Crippen LogP contribution in [0.25, 0.3) is 10.2 Å². The van der Waals surface area contributed by atoms with E-state index in [0.717, 1.165) is 15.9 Å². The molecule has 0 saturated heterocycles. The van der Waals surface area contributed by atoms with Gasteiger partial charge in [-0.2, -0.15) is 0 Å². The number of carbonyl (C=O) groups is 1. The van der Waals surface area contributed by atoms with Crippen LogP contribution in [0.4, 0.5) is 5.69 Å². The van der Waals surface area contributed by atoms with Crippen LogP contribution in [0.2, 0.25) is 0 Å². The van der Waals surface area contributed by atoms with Crippen molar-refractivity contribution in [3.05, 3.63) is 35.4 Å². The Kier molecular flexibility index (Phi) is 3.39. The van der Waals surface area contributed by atoms with Crippen LogP contribution >= 0.6 is 11.3 Å². The zero-order valence-electron chi connectivity index (χ0n) is 9.30. The highest BCUT2D eigenvalue weighted by molar-refractivity contribution is 7.16. The molecule has 0 radical (unpaired) electrons. The summed E-state index contributed by atoms with van der Waals surface area (Å²) in [5, 5.41) is 11.8. The SMILES string of the molecule is C/C(=C/CNc1ccc2ncsc2c1)C(=O)O. The molecule has 0 bridgehead atoms. The first-order valence-electron chi connectivity index (χ1n) is 5.14. The number of carboxylic acids is 1. The second-order valence-corrected chi connectivity index (χ2v) is 4.49. The number of aromatic nitrogens is 1. The van der Waals surface area contributed by atoms with Gasteiger partial charge in [-0.1, -0.05) is 6.08 Å². The van der Waals surface area contributed by atoms with Crippen LogP contribution in [0, 0.1) is 0 Å². The Balaban J connectivity index is 2.04. The van der Waals surface area contributed by atoms with Gasteiger partial charge >= 0.3 is 5.97 Å². The van der Waals surface area contributed by atoms with Gasteiger partial charge in [0, 0.05) is 17.8 Å². The average molecular weight is 248 g/mol. The smallest absolute Gasteiger partial charge is 0.331 e. The summed E-state index contributed by atoms with van der Waals surface area (Å²) in [6, 6.07) is 5.89. The molecule has 0 aliphatic rings. The fourth-order valence-corrected chi connectivity index (χ4v) is 2.09. The summed E-state index contributed by atoms with van der Waals surface area (Å²) in [7, 11) is 0. The highest BCUT2D eigenvalue weighted by Gasteiger charge is 1.99. The molecule has 0 amide bonds. The molecule has 1 aromatic carbocycles. The highest BCUT2D eigenvalue weighted by Crippen LogP contribution is 2.21. The lowest BCUT2D eigenvalue weighted by Crippen LogP contribution is -2.02. The minimum atomic E-state index is -0.885. The minimum Gasteiger partial charge on any atom is -0.478 e. The zero-order chi connectivity index (χ0) is 12.3. The molecule has 0 atom stereocenters. The molecule has 0 spiro atoms. The number of rotatable bonds is 4. The number of thiazole rings is 1. The highest BCUT2D eigenvalue weighted by atomic mass is 32.1. The fourth-order valence-electron chi connectivity index (χ4n) is 1.37. The molecule has 2 aromatic rings. The Labute approximate surface area is 103 Å². The van der Waals surface area contributed by atoms with Gasteiger partial charge in [-0.15, -0.1) is 11.3 Å². The van der Waals surface area contributed by atoms with Crippen molar-refractivity contribution in [2.24, 2.45) is 0 Å². The average Bonchev–Trinajstić information content (AvgIpc) is 2.75. The van der Waals surface area contributed by atoms with Crippen molar-refractivity contribution in [2.45, 2.75) is 6.92 Å². The summed E-state index contributed by atoms with van der Waals surface area (Å²) in [6.45, 7) is 2.08. The summed E-state index contributed by atoms with van der Waals surface area (Å²) in [4.78, 5) is 14.8. The Morgan fingerprint density at radius 2 is 2.41 bits per heavy atom. The monoisotopic (exact) mass is 248 g/mol. The molecular formula is C12H12N2O2S. The van der Waals surface area contributed by atoms with Gasteiger partial charge in [-0.05, 0) is 25.1 Å². The van der Waals surface area contributed by atoms with Gasteiger partial charge in [0.1, 0.15) is 0 Å². The maximum atomic E-state index is 10.6. The first kappa shape index (κ1) is 11.6. The number of nitrogens with zero attached hydrogens (tertiary/aromatic N) is 1. The third kappa shape index (κ3) is 2.82. The molecule has 88 valence electrons. The van der Waals surface area contributed by atoms with Crippen LogP contribution in [0.3, 0.4) is 0 Å². The van der Waals surface area contributed by atoms with Crippen molar-refractivity contribution in [1.82, 2.24) is 4.98 Å². The minimum absolute atomic E-state index is 0.344. The van der Waals surface area contributed by atoms with E-state index in [2.05, 4.69) is 10.3 Å². The van der Waals surface area contributed by atoms with E-state index in [4.69, 9.17) is 5.11 Å².